The first kappa shape index (κ1) is 12.1. The molecular weight excluding hydrogens is 228 g/mol. The van der Waals surface area contributed by atoms with Crippen molar-refractivity contribution in [3.63, 3.8) is 0 Å². The molecule has 1 aromatic carbocycles. The SMILES string of the molecule is C=CCNC(=S)N1CCCc2cc(C)ccc21. The molecule has 0 bridgehead atoms. The second-order valence-electron chi connectivity index (χ2n) is 4.36. The highest BCUT2D eigenvalue weighted by molar-refractivity contribution is 7.80. The van der Waals surface area contributed by atoms with Gasteiger partial charge in [0.05, 0.1) is 0 Å². The average molecular weight is 246 g/mol. The van der Waals surface area contributed by atoms with Gasteiger partial charge in [-0.3, -0.25) is 0 Å². The number of hydrogen-bond donors (Lipinski definition) is 1. The molecule has 0 saturated carbocycles. The van der Waals surface area contributed by atoms with Crippen LogP contribution >= 0.6 is 12.2 Å². The van der Waals surface area contributed by atoms with Crippen LogP contribution in [0.5, 0.6) is 0 Å². The van der Waals surface area contributed by atoms with Crippen molar-refractivity contribution in [1.82, 2.24) is 5.32 Å². The number of nitrogens with one attached hydrogen (secondary N) is 1. The zero-order valence-corrected chi connectivity index (χ0v) is 11.0. The molecule has 2 nitrogen and oxygen atoms in total. The summed E-state index contributed by atoms with van der Waals surface area (Å²) in [5.41, 5.74) is 3.97. The molecular formula is C14H18N2S. The molecule has 1 aromatic rings. The first-order chi connectivity index (χ1) is 8.22. The van der Waals surface area contributed by atoms with Gasteiger partial charge in [-0.2, -0.15) is 0 Å². The van der Waals surface area contributed by atoms with Gasteiger partial charge in [0.15, 0.2) is 5.11 Å². The van der Waals surface area contributed by atoms with E-state index in [1.807, 2.05) is 6.08 Å². The van der Waals surface area contributed by atoms with Crippen LogP contribution in [-0.4, -0.2) is 18.2 Å². The van der Waals surface area contributed by atoms with E-state index in [4.69, 9.17) is 12.2 Å². The van der Waals surface area contributed by atoms with Crippen molar-refractivity contribution >= 4 is 23.0 Å². The van der Waals surface area contributed by atoms with Crippen LogP contribution in [0, 0.1) is 6.92 Å². The maximum atomic E-state index is 5.42. The molecule has 0 fully saturated rings. The van der Waals surface area contributed by atoms with Gasteiger partial charge in [0.25, 0.3) is 0 Å². The van der Waals surface area contributed by atoms with Gasteiger partial charge in [0.2, 0.25) is 0 Å². The highest BCUT2D eigenvalue weighted by Gasteiger charge is 2.19. The van der Waals surface area contributed by atoms with Gasteiger partial charge in [-0.15, -0.1) is 6.58 Å². The molecule has 0 amide bonds. The molecule has 90 valence electrons. The number of aryl methyl sites for hydroxylation is 2. The Balaban J connectivity index is 2.22. The van der Waals surface area contributed by atoms with Crippen molar-refractivity contribution in [1.29, 1.82) is 0 Å². The Morgan fingerprint density at radius 2 is 2.41 bits per heavy atom. The maximum Gasteiger partial charge on any atom is 0.173 e. The van der Waals surface area contributed by atoms with Gasteiger partial charge in [0.1, 0.15) is 0 Å². The third-order valence-electron chi connectivity index (χ3n) is 3.00. The number of fused-ring (bicyclic) bond motifs is 1. The summed E-state index contributed by atoms with van der Waals surface area (Å²) in [7, 11) is 0. The van der Waals surface area contributed by atoms with Crippen LogP contribution in [0.4, 0.5) is 5.69 Å². The topological polar surface area (TPSA) is 15.3 Å². The molecule has 0 spiro atoms. The van der Waals surface area contributed by atoms with Crippen molar-refractivity contribution in [2.75, 3.05) is 18.0 Å². The minimum absolute atomic E-state index is 0.719. The summed E-state index contributed by atoms with van der Waals surface area (Å²) in [5, 5.41) is 4.00. The van der Waals surface area contributed by atoms with Gasteiger partial charge in [-0.05, 0) is 43.6 Å². The molecule has 0 unspecified atom stereocenters. The van der Waals surface area contributed by atoms with Crippen molar-refractivity contribution in [2.24, 2.45) is 0 Å². The van der Waals surface area contributed by atoms with E-state index in [2.05, 4.69) is 41.9 Å². The standard InChI is InChI=1S/C14H18N2S/c1-3-8-15-14(17)16-9-4-5-12-10-11(2)6-7-13(12)16/h3,6-7,10H,1,4-5,8-9H2,2H3,(H,15,17). The Morgan fingerprint density at radius 1 is 1.59 bits per heavy atom. The highest BCUT2D eigenvalue weighted by atomic mass is 32.1. The first-order valence-corrected chi connectivity index (χ1v) is 6.39. The minimum atomic E-state index is 0.719. The number of anilines is 1. The molecule has 0 saturated heterocycles. The van der Waals surface area contributed by atoms with Crippen LogP contribution in [0.3, 0.4) is 0 Å². The number of rotatable bonds is 2. The Labute approximate surface area is 108 Å². The summed E-state index contributed by atoms with van der Waals surface area (Å²) in [6, 6.07) is 6.58. The summed E-state index contributed by atoms with van der Waals surface area (Å²) in [4.78, 5) is 2.19. The van der Waals surface area contributed by atoms with Gasteiger partial charge in [-0.25, -0.2) is 0 Å². The second-order valence-corrected chi connectivity index (χ2v) is 4.75. The van der Waals surface area contributed by atoms with Crippen LogP contribution in [0.15, 0.2) is 30.9 Å². The molecule has 0 radical (unpaired) electrons. The zero-order chi connectivity index (χ0) is 12.3. The Hall–Kier alpha value is -1.35. The van der Waals surface area contributed by atoms with E-state index in [0.717, 1.165) is 31.0 Å². The zero-order valence-electron chi connectivity index (χ0n) is 10.2. The summed E-state index contributed by atoms with van der Waals surface area (Å²) >= 11 is 5.42. The van der Waals surface area contributed by atoms with Crippen LogP contribution in [0.2, 0.25) is 0 Å². The number of benzene rings is 1. The third kappa shape index (κ3) is 2.67. The van der Waals surface area contributed by atoms with Gasteiger partial charge >= 0.3 is 0 Å². The predicted octanol–water partition coefficient (Wildman–Crippen LogP) is 2.81. The monoisotopic (exact) mass is 246 g/mol. The van der Waals surface area contributed by atoms with Crippen molar-refractivity contribution < 1.29 is 0 Å². The highest BCUT2D eigenvalue weighted by Crippen LogP contribution is 2.27. The number of nitrogens with zero attached hydrogens (tertiary/aromatic N) is 1. The summed E-state index contributed by atoms with van der Waals surface area (Å²) in [6.07, 6.45) is 4.14. The molecule has 3 heteroatoms. The van der Waals surface area contributed by atoms with Gasteiger partial charge in [-0.1, -0.05) is 23.8 Å². The summed E-state index contributed by atoms with van der Waals surface area (Å²) < 4.78 is 0. The lowest BCUT2D eigenvalue weighted by Crippen LogP contribution is -2.42. The van der Waals surface area contributed by atoms with E-state index in [0.29, 0.717) is 0 Å². The lowest BCUT2D eigenvalue weighted by molar-refractivity contribution is 0.769. The summed E-state index contributed by atoms with van der Waals surface area (Å²) in [5.74, 6) is 0. The Morgan fingerprint density at radius 3 is 3.18 bits per heavy atom. The van der Waals surface area contributed by atoms with Crippen LogP contribution < -0.4 is 10.2 Å². The lowest BCUT2D eigenvalue weighted by atomic mass is 10.00. The van der Waals surface area contributed by atoms with E-state index in [9.17, 15) is 0 Å². The second kappa shape index (κ2) is 5.32. The fourth-order valence-corrected chi connectivity index (χ4v) is 2.46. The number of hydrogen-bond acceptors (Lipinski definition) is 1. The molecule has 1 heterocycles. The molecule has 1 N–H and O–H groups in total. The summed E-state index contributed by atoms with van der Waals surface area (Å²) in [6.45, 7) is 7.54. The van der Waals surface area contributed by atoms with E-state index in [1.54, 1.807) is 0 Å². The number of thiocarbonyl (C=S) groups is 1. The first-order valence-electron chi connectivity index (χ1n) is 5.98. The molecule has 1 aliphatic heterocycles. The Kier molecular flexibility index (Phi) is 3.79. The fourth-order valence-electron chi connectivity index (χ4n) is 2.19. The van der Waals surface area contributed by atoms with Crippen molar-refractivity contribution in [3.05, 3.63) is 42.0 Å². The van der Waals surface area contributed by atoms with Crippen molar-refractivity contribution in [2.45, 2.75) is 19.8 Å². The smallest absolute Gasteiger partial charge is 0.173 e. The van der Waals surface area contributed by atoms with E-state index in [1.165, 1.54) is 16.8 Å². The quantitative estimate of drug-likeness (QED) is 0.638. The Bertz CT molecular complexity index is 440. The molecule has 2 rings (SSSR count). The average Bonchev–Trinajstić information content (AvgIpc) is 2.34. The third-order valence-corrected chi connectivity index (χ3v) is 3.36. The van der Waals surface area contributed by atoms with Gasteiger partial charge < -0.3 is 10.2 Å². The van der Waals surface area contributed by atoms with E-state index < -0.39 is 0 Å². The predicted molar refractivity (Wildman–Crippen MR) is 77.6 cm³/mol. The van der Waals surface area contributed by atoms with E-state index in [-0.39, 0.29) is 0 Å². The molecule has 17 heavy (non-hydrogen) atoms. The van der Waals surface area contributed by atoms with Crippen LogP contribution in [0.25, 0.3) is 0 Å². The fraction of sp³-hybridized carbons (Fsp3) is 0.357. The van der Waals surface area contributed by atoms with E-state index >= 15 is 0 Å². The minimum Gasteiger partial charge on any atom is -0.359 e. The normalized spacial score (nSPS) is 14.1. The van der Waals surface area contributed by atoms with Gasteiger partial charge in [0, 0.05) is 18.8 Å². The van der Waals surface area contributed by atoms with Crippen LogP contribution in [0.1, 0.15) is 17.5 Å². The molecule has 0 atom stereocenters. The lowest BCUT2D eigenvalue weighted by Gasteiger charge is -2.31. The van der Waals surface area contributed by atoms with Crippen LogP contribution in [-0.2, 0) is 6.42 Å². The molecule has 1 aliphatic rings. The molecule has 0 aromatic heterocycles. The molecule has 0 aliphatic carbocycles. The largest absolute Gasteiger partial charge is 0.359 e. The maximum absolute atomic E-state index is 5.42. The van der Waals surface area contributed by atoms with Crippen molar-refractivity contribution in [3.8, 4) is 0 Å².